The molecule has 3 rings (SSSR count). The molecule has 1 amide bonds. The fraction of sp³-hybridized carbons (Fsp3) is 0.316. The Hall–Kier alpha value is -1.91. The van der Waals surface area contributed by atoms with E-state index in [0.717, 1.165) is 24.0 Å². The molecule has 0 saturated heterocycles. The van der Waals surface area contributed by atoms with E-state index in [4.69, 9.17) is 27.9 Å². The lowest BCUT2D eigenvalue weighted by Crippen LogP contribution is -2.33. The van der Waals surface area contributed by atoms with Crippen molar-refractivity contribution in [3.05, 3.63) is 57.1 Å². The molecular formula is C19H19Cl2NO3. The SMILES string of the molecule is COc1cc(CC[C@@H](C)N2Cc3cc(Cl)c(Cl)cc3C2=O)ccc1O. The number of nitrogens with zero attached hydrogens (tertiary/aromatic N) is 1. The quantitative estimate of drug-likeness (QED) is 0.819. The number of benzene rings is 2. The van der Waals surface area contributed by atoms with Crippen molar-refractivity contribution in [2.24, 2.45) is 0 Å². The van der Waals surface area contributed by atoms with Gasteiger partial charge in [0, 0.05) is 18.2 Å². The molecule has 0 unspecified atom stereocenters. The number of fused-ring (bicyclic) bond motifs is 1. The number of carbonyl (C=O) groups excluding carboxylic acids is 1. The summed E-state index contributed by atoms with van der Waals surface area (Å²) in [5.74, 6) is 0.571. The number of carbonyl (C=O) groups is 1. The first-order chi connectivity index (χ1) is 11.9. The molecule has 0 bridgehead atoms. The van der Waals surface area contributed by atoms with Crippen molar-refractivity contribution in [1.29, 1.82) is 0 Å². The van der Waals surface area contributed by atoms with Crippen molar-refractivity contribution in [1.82, 2.24) is 4.90 Å². The predicted octanol–water partition coefficient (Wildman–Crippen LogP) is 4.68. The third-order valence-electron chi connectivity index (χ3n) is 4.61. The van der Waals surface area contributed by atoms with E-state index in [1.165, 1.54) is 7.11 Å². The highest BCUT2D eigenvalue weighted by Crippen LogP contribution is 2.33. The minimum absolute atomic E-state index is 0.00986. The van der Waals surface area contributed by atoms with Gasteiger partial charge in [0.05, 0.1) is 17.2 Å². The third kappa shape index (κ3) is 3.55. The molecule has 2 aromatic rings. The Kier molecular flexibility index (Phi) is 5.11. The molecule has 0 radical (unpaired) electrons. The van der Waals surface area contributed by atoms with Crippen molar-refractivity contribution < 1.29 is 14.6 Å². The number of ether oxygens (including phenoxy) is 1. The van der Waals surface area contributed by atoms with Gasteiger partial charge in [-0.3, -0.25) is 4.79 Å². The first kappa shape index (κ1) is 17.9. The Morgan fingerprint density at radius 1 is 1.24 bits per heavy atom. The van der Waals surface area contributed by atoms with Gasteiger partial charge in [0.2, 0.25) is 0 Å². The van der Waals surface area contributed by atoms with Crippen LogP contribution in [0, 0.1) is 0 Å². The van der Waals surface area contributed by atoms with E-state index >= 15 is 0 Å². The highest BCUT2D eigenvalue weighted by molar-refractivity contribution is 6.42. The molecule has 1 heterocycles. The van der Waals surface area contributed by atoms with Crippen molar-refractivity contribution >= 4 is 29.1 Å². The van der Waals surface area contributed by atoms with Gasteiger partial charge < -0.3 is 14.7 Å². The van der Waals surface area contributed by atoms with Crippen molar-refractivity contribution in [2.45, 2.75) is 32.4 Å². The van der Waals surface area contributed by atoms with Crippen LogP contribution in [0.1, 0.15) is 34.8 Å². The number of aryl methyl sites for hydroxylation is 1. The molecule has 6 heteroatoms. The molecule has 0 aliphatic carbocycles. The van der Waals surface area contributed by atoms with E-state index in [1.807, 2.05) is 24.0 Å². The van der Waals surface area contributed by atoms with Gasteiger partial charge in [-0.15, -0.1) is 0 Å². The molecule has 0 saturated carbocycles. The topological polar surface area (TPSA) is 49.8 Å². The lowest BCUT2D eigenvalue weighted by molar-refractivity contribution is 0.0709. The number of aromatic hydroxyl groups is 1. The Labute approximate surface area is 156 Å². The van der Waals surface area contributed by atoms with Crippen LogP contribution >= 0.6 is 23.2 Å². The van der Waals surface area contributed by atoms with Gasteiger partial charge in [0.25, 0.3) is 5.91 Å². The fourth-order valence-corrected chi connectivity index (χ4v) is 3.44. The monoisotopic (exact) mass is 379 g/mol. The largest absolute Gasteiger partial charge is 0.504 e. The Bertz CT molecular complexity index is 823. The van der Waals surface area contributed by atoms with Crippen molar-refractivity contribution in [3.8, 4) is 11.5 Å². The molecule has 1 atom stereocenters. The van der Waals surface area contributed by atoms with E-state index in [9.17, 15) is 9.90 Å². The van der Waals surface area contributed by atoms with Crippen LogP contribution in [0.15, 0.2) is 30.3 Å². The van der Waals surface area contributed by atoms with Gasteiger partial charge >= 0.3 is 0 Å². The van der Waals surface area contributed by atoms with Gasteiger partial charge in [-0.2, -0.15) is 0 Å². The second-order valence-corrected chi connectivity index (χ2v) is 7.06. The summed E-state index contributed by atoms with van der Waals surface area (Å²) in [6.07, 6.45) is 1.58. The van der Waals surface area contributed by atoms with Crippen LogP contribution in [0.4, 0.5) is 0 Å². The molecule has 1 N–H and O–H groups in total. The summed E-state index contributed by atoms with van der Waals surface area (Å²) in [7, 11) is 1.53. The maximum atomic E-state index is 12.6. The van der Waals surface area contributed by atoms with Gasteiger partial charge in [0.15, 0.2) is 11.5 Å². The molecule has 1 aliphatic heterocycles. The number of phenols is 1. The van der Waals surface area contributed by atoms with E-state index in [-0.39, 0.29) is 17.7 Å². The summed E-state index contributed by atoms with van der Waals surface area (Å²) in [4.78, 5) is 14.5. The van der Waals surface area contributed by atoms with Crippen LogP contribution in [-0.2, 0) is 13.0 Å². The van der Waals surface area contributed by atoms with Gasteiger partial charge in [-0.25, -0.2) is 0 Å². The smallest absolute Gasteiger partial charge is 0.254 e. The van der Waals surface area contributed by atoms with Crippen molar-refractivity contribution in [2.75, 3.05) is 7.11 Å². The number of halogens is 2. The maximum absolute atomic E-state index is 12.6. The first-order valence-corrected chi connectivity index (χ1v) is 8.81. The predicted molar refractivity (Wildman–Crippen MR) is 98.8 cm³/mol. The number of phenolic OH excluding ortho intramolecular Hbond substituents is 1. The molecule has 0 spiro atoms. The summed E-state index contributed by atoms with van der Waals surface area (Å²) in [5.41, 5.74) is 2.60. The second-order valence-electron chi connectivity index (χ2n) is 6.25. The first-order valence-electron chi connectivity index (χ1n) is 8.05. The lowest BCUT2D eigenvalue weighted by atomic mass is 10.0. The van der Waals surface area contributed by atoms with E-state index in [2.05, 4.69) is 0 Å². The molecule has 132 valence electrons. The molecule has 2 aromatic carbocycles. The van der Waals surface area contributed by atoms with Crippen LogP contribution in [0.5, 0.6) is 11.5 Å². The van der Waals surface area contributed by atoms with Crippen molar-refractivity contribution in [3.63, 3.8) is 0 Å². The third-order valence-corrected chi connectivity index (χ3v) is 5.33. The Morgan fingerprint density at radius 2 is 1.96 bits per heavy atom. The fourth-order valence-electron chi connectivity index (χ4n) is 3.09. The van der Waals surface area contributed by atoms with Crippen LogP contribution < -0.4 is 4.74 Å². The molecule has 4 nitrogen and oxygen atoms in total. The Balaban J connectivity index is 1.68. The summed E-state index contributed by atoms with van der Waals surface area (Å²) in [6.45, 7) is 2.58. The lowest BCUT2D eigenvalue weighted by Gasteiger charge is -2.24. The normalized spacial score (nSPS) is 14.6. The average Bonchev–Trinajstić information content (AvgIpc) is 2.90. The molecule has 1 aliphatic rings. The zero-order valence-corrected chi connectivity index (χ0v) is 15.6. The van der Waals surface area contributed by atoms with E-state index < -0.39 is 0 Å². The average molecular weight is 380 g/mol. The van der Waals surface area contributed by atoms with Crippen LogP contribution in [-0.4, -0.2) is 29.1 Å². The highest BCUT2D eigenvalue weighted by Gasteiger charge is 2.31. The van der Waals surface area contributed by atoms with Gasteiger partial charge in [0.1, 0.15) is 0 Å². The number of rotatable bonds is 5. The van der Waals surface area contributed by atoms with Crippen LogP contribution in [0.2, 0.25) is 10.0 Å². The number of hydrogen-bond acceptors (Lipinski definition) is 3. The number of hydrogen-bond donors (Lipinski definition) is 1. The molecule has 25 heavy (non-hydrogen) atoms. The van der Waals surface area contributed by atoms with Crippen LogP contribution in [0.3, 0.4) is 0 Å². The van der Waals surface area contributed by atoms with E-state index in [0.29, 0.717) is 27.9 Å². The van der Waals surface area contributed by atoms with Crippen LogP contribution in [0.25, 0.3) is 0 Å². The molecule has 0 fully saturated rings. The standard InChI is InChI=1S/C19H19Cl2NO3/c1-11(3-4-12-5-6-17(23)18(7-12)25-2)22-10-13-8-15(20)16(21)9-14(13)19(22)24/h5-9,11,23H,3-4,10H2,1-2H3/t11-/m1/s1. The maximum Gasteiger partial charge on any atom is 0.254 e. The second kappa shape index (κ2) is 7.14. The number of amides is 1. The van der Waals surface area contributed by atoms with Gasteiger partial charge in [-0.1, -0.05) is 29.3 Å². The summed E-state index contributed by atoms with van der Waals surface area (Å²) >= 11 is 12.1. The van der Waals surface area contributed by atoms with E-state index in [1.54, 1.807) is 18.2 Å². The highest BCUT2D eigenvalue weighted by atomic mass is 35.5. The van der Waals surface area contributed by atoms with Gasteiger partial charge in [-0.05, 0) is 55.2 Å². The zero-order valence-electron chi connectivity index (χ0n) is 14.1. The minimum atomic E-state index is -0.00986. The number of methoxy groups -OCH3 is 1. The summed E-state index contributed by atoms with van der Waals surface area (Å²) in [5, 5.41) is 10.5. The summed E-state index contributed by atoms with van der Waals surface area (Å²) < 4.78 is 5.13. The summed E-state index contributed by atoms with van der Waals surface area (Å²) in [6, 6.07) is 8.80. The Morgan fingerprint density at radius 3 is 2.68 bits per heavy atom. The molecule has 0 aromatic heterocycles. The minimum Gasteiger partial charge on any atom is -0.504 e. The molecular weight excluding hydrogens is 361 g/mol. The zero-order chi connectivity index (χ0) is 18.1.